The molecule has 4 aromatic rings. The minimum atomic E-state index is -0.280. The van der Waals surface area contributed by atoms with Crippen LogP contribution in [0.15, 0.2) is 95.7 Å². The van der Waals surface area contributed by atoms with Crippen LogP contribution >= 0.6 is 11.8 Å². The number of nitrogens with one attached hydrogen (secondary N) is 1. The van der Waals surface area contributed by atoms with Crippen LogP contribution < -0.4 is 5.32 Å². The second-order valence-corrected chi connectivity index (χ2v) is 7.65. The van der Waals surface area contributed by atoms with Crippen molar-refractivity contribution >= 4 is 17.7 Å². The number of rotatable bonds is 8. The number of aromatic nitrogens is 2. The molecule has 2 heterocycles. The van der Waals surface area contributed by atoms with Crippen molar-refractivity contribution in [1.29, 1.82) is 0 Å². The molecule has 0 aliphatic rings. The molecule has 150 valence electrons. The molecular weight excluding hydrogens is 394 g/mol. The largest absolute Gasteiger partial charge is 0.444 e. The molecule has 4 rings (SSSR count). The average molecular weight is 416 g/mol. The van der Waals surface area contributed by atoms with Crippen LogP contribution in [0.3, 0.4) is 0 Å². The van der Waals surface area contributed by atoms with E-state index in [-0.39, 0.29) is 11.9 Å². The van der Waals surface area contributed by atoms with Crippen molar-refractivity contribution in [3.8, 4) is 11.5 Å². The summed E-state index contributed by atoms with van der Waals surface area (Å²) in [6.07, 6.45) is 3.38. The maximum absolute atomic E-state index is 12.6. The minimum absolute atomic E-state index is 0.0497. The molecule has 5 nitrogen and oxygen atoms in total. The van der Waals surface area contributed by atoms with Crippen molar-refractivity contribution in [2.75, 3.05) is 5.75 Å². The first-order valence-electron chi connectivity index (χ1n) is 9.62. The summed E-state index contributed by atoms with van der Waals surface area (Å²) in [6, 6.07) is 25.1. The molecule has 1 N–H and O–H groups in total. The Kier molecular flexibility index (Phi) is 6.57. The molecule has 0 fully saturated rings. The fourth-order valence-electron chi connectivity index (χ4n) is 3.06. The maximum atomic E-state index is 12.6. The number of benzene rings is 2. The third-order valence-electron chi connectivity index (χ3n) is 4.48. The van der Waals surface area contributed by atoms with Crippen molar-refractivity contribution in [1.82, 2.24) is 15.3 Å². The zero-order valence-corrected chi connectivity index (χ0v) is 17.1. The van der Waals surface area contributed by atoms with Gasteiger partial charge < -0.3 is 9.73 Å². The summed E-state index contributed by atoms with van der Waals surface area (Å²) >= 11 is 1.50. The van der Waals surface area contributed by atoms with Crippen LogP contribution in [-0.4, -0.2) is 21.6 Å². The average Bonchev–Trinajstić information content (AvgIpc) is 3.28. The fourth-order valence-corrected chi connectivity index (χ4v) is 3.77. The van der Waals surface area contributed by atoms with Gasteiger partial charge in [0.1, 0.15) is 6.26 Å². The summed E-state index contributed by atoms with van der Waals surface area (Å²) in [5.41, 5.74) is 3.56. The molecule has 2 aromatic heterocycles. The summed E-state index contributed by atoms with van der Waals surface area (Å²) in [4.78, 5) is 21.5. The Balaban J connectivity index is 1.35. The number of thioether (sulfide) groups is 1. The van der Waals surface area contributed by atoms with Gasteiger partial charge in [0, 0.05) is 17.5 Å². The van der Waals surface area contributed by atoms with Gasteiger partial charge in [-0.05, 0) is 29.8 Å². The second kappa shape index (κ2) is 9.89. The van der Waals surface area contributed by atoms with E-state index in [0.29, 0.717) is 17.4 Å². The summed E-state index contributed by atoms with van der Waals surface area (Å²) in [5, 5.41) is 3.10. The third-order valence-corrected chi connectivity index (χ3v) is 5.44. The molecule has 0 unspecified atom stereocenters. The van der Waals surface area contributed by atoms with Crippen molar-refractivity contribution in [2.24, 2.45) is 0 Å². The molecular formula is C24H21N3O2S. The summed E-state index contributed by atoms with van der Waals surface area (Å²) < 4.78 is 5.56. The molecule has 2 aromatic carbocycles. The van der Waals surface area contributed by atoms with Crippen molar-refractivity contribution in [3.05, 3.63) is 108 Å². The Hall–Kier alpha value is -3.38. The van der Waals surface area contributed by atoms with Crippen molar-refractivity contribution in [3.63, 3.8) is 0 Å². The van der Waals surface area contributed by atoms with E-state index in [0.717, 1.165) is 22.5 Å². The Bertz CT molecular complexity index is 1030. The highest BCUT2D eigenvalue weighted by Crippen LogP contribution is 2.22. The van der Waals surface area contributed by atoms with Crippen LogP contribution in [-0.2, 0) is 10.5 Å². The van der Waals surface area contributed by atoms with Crippen LogP contribution in [0.5, 0.6) is 0 Å². The highest BCUT2D eigenvalue weighted by atomic mass is 32.2. The summed E-state index contributed by atoms with van der Waals surface area (Å²) in [7, 11) is 0. The van der Waals surface area contributed by atoms with Gasteiger partial charge in [-0.25, -0.2) is 4.98 Å². The molecule has 0 aliphatic carbocycles. The molecule has 0 radical (unpaired) electrons. The van der Waals surface area contributed by atoms with E-state index in [2.05, 4.69) is 15.3 Å². The van der Waals surface area contributed by atoms with Crippen LogP contribution in [0.25, 0.3) is 11.5 Å². The van der Waals surface area contributed by atoms with E-state index in [1.165, 1.54) is 11.8 Å². The van der Waals surface area contributed by atoms with E-state index in [1.54, 1.807) is 12.5 Å². The lowest BCUT2D eigenvalue weighted by atomic mass is 10.0. The molecule has 0 saturated heterocycles. The predicted octanol–water partition coefficient (Wildman–Crippen LogP) is 4.88. The quantitative estimate of drug-likeness (QED) is 0.444. The molecule has 0 spiro atoms. The predicted molar refractivity (Wildman–Crippen MR) is 119 cm³/mol. The van der Waals surface area contributed by atoms with Gasteiger partial charge in [0.25, 0.3) is 0 Å². The number of nitrogens with zero attached hydrogens (tertiary/aromatic N) is 2. The lowest BCUT2D eigenvalue weighted by Crippen LogP contribution is -2.31. The maximum Gasteiger partial charge on any atom is 0.230 e. The van der Waals surface area contributed by atoms with Gasteiger partial charge in [-0.1, -0.05) is 54.6 Å². The number of carbonyl (C=O) groups is 1. The number of hydrogen-bond donors (Lipinski definition) is 1. The van der Waals surface area contributed by atoms with E-state index < -0.39 is 0 Å². The van der Waals surface area contributed by atoms with Gasteiger partial charge in [0.05, 0.1) is 23.2 Å². The van der Waals surface area contributed by atoms with Crippen LogP contribution in [0, 0.1) is 0 Å². The normalized spacial score (nSPS) is 11.7. The molecule has 30 heavy (non-hydrogen) atoms. The van der Waals surface area contributed by atoms with Crippen LogP contribution in [0.4, 0.5) is 0 Å². The van der Waals surface area contributed by atoms with Crippen molar-refractivity contribution in [2.45, 2.75) is 11.8 Å². The number of pyridine rings is 1. The lowest BCUT2D eigenvalue weighted by Gasteiger charge is -2.18. The van der Waals surface area contributed by atoms with Gasteiger partial charge in [-0.15, -0.1) is 11.8 Å². The monoisotopic (exact) mass is 415 g/mol. The van der Waals surface area contributed by atoms with Gasteiger partial charge in [-0.3, -0.25) is 9.78 Å². The highest BCUT2D eigenvalue weighted by Gasteiger charge is 2.18. The molecule has 0 aliphatic heterocycles. The van der Waals surface area contributed by atoms with E-state index in [9.17, 15) is 4.79 Å². The molecule has 1 atom stereocenters. The zero-order chi connectivity index (χ0) is 20.6. The summed E-state index contributed by atoms with van der Waals surface area (Å²) in [5.74, 6) is 1.47. The first-order valence-corrected chi connectivity index (χ1v) is 10.8. The Morgan fingerprint density at radius 2 is 1.70 bits per heavy atom. The van der Waals surface area contributed by atoms with Crippen LogP contribution in [0.2, 0.25) is 0 Å². The Labute approximate surface area is 179 Å². The first kappa shape index (κ1) is 19.9. The standard InChI is InChI=1S/C24H21N3O2S/c28-22(17-30-16-20-15-29-24(26-20)19-11-5-2-6-12-19)27-23(18-9-3-1-4-10-18)21-13-7-8-14-25-21/h1-15,23H,16-17H2,(H,27,28)/t23-/m0/s1. The van der Waals surface area contributed by atoms with Crippen LogP contribution in [0.1, 0.15) is 23.0 Å². The second-order valence-electron chi connectivity index (χ2n) is 6.67. The SMILES string of the molecule is O=C(CSCc1coc(-c2ccccc2)n1)N[C@@H](c1ccccc1)c1ccccn1. The first-order chi connectivity index (χ1) is 14.8. The number of hydrogen-bond acceptors (Lipinski definition) is 5. The highest BCUT2D eigenvalue weighted by molar-refractivity contribution is 7.99. The van der Waals surface area contributed by atoms with Gasteiger partial charge in [0.15, 0.2) is 0 Å². The molecule has 0 bridgehead atoms. The molecule has 6 heteroatoms. The third kappa shape index (κ3) is 5.15. The number of oxazole rings is 1. The van der Waals surface area contributed by atoms with Gasteiger partial charge in [-0.2, -0.15) is 0 Å². The Morgan fingerprint density at radius 1 is 0.967 bits per heavy atom. The Morgan fingerprint density at radius 3 is 2.43 bits per heavy atom. The smallest absolute Gasteiger partial charge is 0.230 e. The van der Waals surface area contributed by atoms with E-state index in [1.807, 2.05) is 78.9 Å². The topological polar surface area (TPSA) is 68.0 Å². The summed E-state index contributed by atoms with van der Waals surface area (Å²) in [6.45, 7) is 0. The number of amides is 1. The zero-order valence-electron chi connectivity index (χ0n) is 16.3. The molecule has 1 amide bonds. The minimum Gasteiger partial charge on any atom is -0.444 e. The van der Waals surface area contributed by atoms with Gasteiger partial charge >= 0.3 is 0 Å². The molecule has 0 saturated carbocycles. The van der Waals surface area contributed by atoms with E-state index in [4.69, 9.17) is 4.42 Å². The lowest BCUT2D eigenvalue weighted by molar-refractivity contribution is -0.119. The van der Waals surface area contributed by atoms with E-state index >= 15 is 0 Å². The number of carbonyl (C=O) groups excluding carboxylic acids is 1. The fraction of sp³-hybridized carbons (Fsp3) is 0.125. The van der Waals surface area contributed by atoms with Crippen molar-refractivity contribution < 1.29 is 9.21 Å². The van der Waals surface area contributed by atoms with Gasteiger partial charge in [0.2, 0.25) is 11.8 Å².